The summed E-state index contributed by atoms with van der Waals surface area (Å²) in [5.41, 5.74) is 4.23. The average Bonchev–Trinajstić information content (AvgIpc) is 3.43. The van der Waals surface area contributed by atoms with Gasteiger partial charge in [0.25, 0.3) is 5.91 Å². The van der Waals surface area contributed by atoms with Crippen molar-refractivity contribution in [2.75, 3.05) is 14.2 Å². The molecule has 0 unspecified atom stereocenters. The summed E-state index contributed by atoms with van der Waals surface area (Å²) < 4.78 is 10.1. The number of aromatic nitrogens is 2. The summed E-state index contributed by atoms with van der Waals surface area (Å²) >= 11 is 0. The first kappa shape index (κ1) is 22.2. The van der Waals surface area contributed by atoms with Gasteiger partial charge in [0.05, 0.1) is 25.8 Å². The molecule has 3 aromatic carbocycles. The normalized spacial score (nSPS) is 14.6. The Labute approximate surface area is 201 Å². The molecule has 0 saturated heterocycles. The number of nitrogens with zero attached hydrogens (tertiary/aromatic N) is 2. The van der Waals surface area contributed by atoms with E-state index in [0.717, 1.165) is 16.9 Å². The Morgan fingerprint density at radius 1 is 1.03 bits per heavy atom. The molecule has 0 radical (unpaired) electrons. The minimum absolute atomic E-state index is 0.0719. The van der Waals surface area contributed by atoms with Crippen LogP contribution in [0.15, 0.2) is 72.8 Å². The van der Waals surface area contributed by atoms with Gasteiger partial charge in [0, 0.05) is 17.7 Å². The Morgan fingerprint density at radius 3 is 2.40 bits per heavy atom. The molecule has 1 atom stereocenters. The first-order chi connectivity index (χ1) is 17.0. The van der Waals surface area contributed by atoms with Crippen LogP contribution < -0.4 is 4.74 Å². The molecule has 35 heavy (non-hydrogen) atoms. The minimum Gasteiger partial charge on any atom is -0.507 e. The van der Waals surface area contributed by atoms with Crippen LogP contribution in [0.4, 0.5) is 0 Å². The molecular formula is C27H23N3O5. The number of hydrogen-bond acceptors (Lipinski definition) is 6. The zero-order valence-corrected chi connectivity index (χ0v) is 19.2. The Morgan fingerprint density at radius 2 is 1.74 bits per heavy atom. The molecule has 1 amide bonds. The molecule has 0 bridgehead atoms. The molecule has 5 rings (SSSR count). The van der Waals surface area contributed by atoms with E-state index in [-0.39, 0.29) is 11.7 Å². The summed E-state index contributed by atoms with van der Waals surface area (Å²) in [6, 6.07) is 20.9. The number of hydrogen-bond donors (Lipinski definition) is 2. The number of carbonyl (C=O) groups excluding carboxylic acids is 2. The Bertz CT molecular complexity index is 1390. The van der Waals surface area contributed by atoms with Crippen molar-refractivity contribution in [2.45, 2.75) is 12.6 Å². The van der Waals surface area contributed by atoms with Crippen molar-refractivity contribution in [1.29, 1.82) is 0 Å². The standard InChI is InChI=1S/C27H23N3O5/c1-34-19-13-7-16(8-14-19)15-30-25(17-9-11-18(12-10-17)27(33)35-2)22-23(28-29-24(22)26(30)32)20-5-3-4-6-21(20)31/h3-14,25,31H,15H2,1-2H3,(H,28,29)/t25-/m0/s1. The molecular weight excluding hydrogens is 446 g/mol. The molecule has 176 valence electrons. The van der Waals surface area contributed by atoms with Gasteiger partial charge in [-0.1, -0.05) is 36.4 Å². The third-order valence-corrected chi connectivity index (χ3v) is 6.18. The average molecular weight is 469 g/mol. The highest BCUT2D eigenvalue weighted by molar-refractivity contribution is 6.00. The predicted octanol–water partition coefficient (Wildman–Crippen LogP) is 4.32. The van der Waals surface area contributed by atoms with Gasteiger partial charge in [-0.05, 0) is 47.5 Å². The fourth-order valence-electron chi connectivity index (χ4n) is 4.43. The van der Waals surface area contributed by atoms with E-state index < -0.39 is 12.0 Å². The van der Waals surface area contributed by atoms with Crippen LogP contribution in [-0.2, 0) is 11.3 Å². The summed E-state index contributed by atoms with van der Waals surface area (Å²) in [5, 5.41) is 17.8. The van der Waals surface area contributed by atoms with Crippen LogP contribution in [0.5, 0.6) is 11.5 Å². The minimum atomic E-state index is -0.486. The van der Waals surface area contributed by atoms with E-state index in [1.54, 1.807) is 42.3 Å². The Hall–Kier alpha value is -4.59. The summed E-state index contributed by atoms with van der Waals surface area (Å²) in [6.45, 7) is 0.342. The molecule has 1 aliphatic rings. The molecule has 8 nitrogen and oxygen atoms in total. The van der Waals surface area contributed by atoms with E-state index in [1.807, 2.05) is 42.5 Å². The van der Waals surface area contributed by atoms with E-state index in [1.165, 1.54) is 7.11 Å². The molecule has 0 spiro atoms. The molecule has 0 fully saturated rings. The quantitative estimate of drug-likeness (QED) is 0.408. The highest BCUT2D eigenvalue weighted by Crippen LogP contribution is 2.45. The predicted molar refractivity (Wildman–Crippen MR) is 128 cm³/mol. The highest BCUT2D eigenvalue weighted by Gasteiger charge is 2.42. The number of para-hydroxylation sites is 1. The monoisotopic (exact) mass is 469 g/mol. The first-order valence-corrected chi connectivity index (χ1v) is 11.0. The number of phenolic OH excluding ortho intramolecular Hbond substituents is 1. The van der Waals surface area contributed by atoms with E-state index >= 15 is 0 Å². The number of amides is 1. The molecule has 4 aromatic rings. The molecule has 0 saturated carbocycles. The van der Waals surface area contributed by atoms with Crippen molar-refractivity contribution >= 4 is 11.9 Å². The second-order valence-corrected chi connectivity index (χ2v) is 8.18. The van der Waals surface area contributed by atoms with Gasteiger partial charge < -0.3 is 19.5 Å². The van der Waals surface area contributed by atoms with Crippen LogP contribution in [-0.4, -0.2) is 46.3 Å². The number of aromatic amines is 1. The third kappa shape index (κ3) is 3.89. The first-order valence-electron chi connectivity index (χ1n) is 11.0. The number of fused-ring (bicyclic) bond motifs is 1. The fourth-order valence-corrected chi connectivity index (χ4v) is 4.43. The topological polar surface area (TPSA) is 105 Å². The lowest BCUT2D eigenvalue weighted by molar-refractivity contribution is 0.0600. The number of ether oxygens (including phenoxy) is 2. The molecule has 8 heteroatoms. The van der Waals surface area contributed by atoms with Crippen LogP contribution in [0.25, 0.3) is 11.3 Å². The van der Waals surface area contributed by atoms with E-state index in [2.05, 4.69) is 10.2 Å². The number of H-pyrrole nitrogens is 1. The van der Waals surface area contributed by atoms with Gasteiger partial charge in [0.2, 0.25) is 0 Å². The van der Waals surface area contributed by atoms with Gasteiger partial charge in [0.1, 0.15) is 22.9 Å². The van der Waals surface area contributed by atoms with Crippen LogP contribution in [0.3, 0.4) is 0 Å². The second-order valence-electron chi connectivity index (χ2n) is 8.18. The second kappa shape index (κ2) is 8.98. The van der Waals surface area contributed by atoms with Crippen molar-refractivity contribution in [3.05, 3.63) is 101 Å². The van der Waals surface area contributed by atoms with E-state index in [4.69, 9.17) is 9.47 Å². The zero-order valence-electron chi connectivity index (χ0n) is 19.2. The van der Waals surface area contributed by atoms with Gasteiger partial charge in [0.15, 0.2) is 0 Å². The van der Waals surface area contributed by atoms with Crippen molar-refractivity contribution in [3.8, 4) is 22.8 Å². The number of phenols is 1. The van der Waals surface area contributed by atoms with Crippen LogP contribution >= 0.6 is 0 Å². The number of nitrogens with one attached hydrogen (secondary N) is 1. The number of esters is 1. The van der Waals surface area contributed by atoms with Crippen molar-refractivity contribution < 1.29 is 24.2 Å². The van der Waals surface area contributed by atoms with Gasteiger partial charge in [-0.15, -0.1) is 0 Å². The van der Waals surface area contributed by atoms with Gasteiger partial charge in [-0.3, -0.25) is 9.89 Å². The largest absolute Gasteiger partial charge is 0.507 e. The maximum atomic E-state index is 13.6. The van der Waals surface area contributed by atoms with Crippen LogP contribution in [0, 0.1) is 0 Å². The number of methoxy groups -OCH3 is 2. The maximum Gasteiger partial charge on any atom is 0.337 e. The van der Waals surface area contributed by atoms with Gasteiger partial charge in [-0.2, -0.15) is 5.10 Å². The number of benzene rings is 3. The van der Waals surface area contributed by atoms with Crippen molar-refractivity contribution in [2.24, 2.45) is 0 Å². The van der Waals surface area contributed by atoms with E-state index in [9.17, 15) is 14.7 Å². The van der Waals surface area contributed by atoms with Crippen LogP contribution in [0.2, 0.25) is 0 Å². The highest BCUT2D eigenvalue weighted by atomic mass is 16.5. The SMILES string of the molecule is COC(=O)c1ccc([C@H]2c3c(-c4ccccc4O)n[nH]c3C(=O)N2Cc2ccc(OC)cc2)cc1. The van der Waals surface area contributed by atoms with E-state index in [0.29, 0.717) is 34.6 Å². The Kier molecular flexibility index (Phi) is 5.70. The maximum absolute atomic E-state index is 13.6. The van der Waals surface area contributed by atoms with Gasteiger partial charge in [-0.25, -0.2) is 4.79 Å². The van der Waals surface area contributed by atoms with Gasteiger partial charge >= 0.3 is 5.97 Å². The Balaban J connectivity index is 1.61. The van der Waals surface area contributed by atoms with Crippen molar-refractivity contribution in [3.63, 3.8) is 0 Å². The van der Waals surface area contributed by atoms with Crippen molar-refractivity contribution in [1.82, 2.24) is 15.1 Å². The zero-order chi connectivity index (χ0) is 24.5. The summed E-state index contributed by atoms with van der Waals surface area (Å²) in [5.74, 6) is 0.162. The lowest BCUT2D eigenvalue weighted by atomic mass is 9.95. The molecule has 0 aliphatic carbocycles. The number of carbonyl (C=O) groups is 2. The summed E-state index contributed by atoms with van der Waals surface area (Å²) in [7, 11) is 2.94. The third-order valence-electron chi connectivity index (χ3n) is 6.18. The molecule has 1 aliphatic heterocycles. The lowest BCUT2D eigenvalue weighted by Gasteiger charge is -2.27. The summed E-state index contributed by atoms with van der Waals surface area (Å²) in [4.78, 5) is 27.3. The lowest BCUT2D eigenvalue weighted by Crippen LogP contribution is -2.29. The fraction of sp³-hybridized carbons (Fsp3) is 0.148. The molecule has 1 aromatic heterocycles. The smallest absolute Gasteiger partial charge is 0.337 e. The summed E-state index contributed by atoms with van der Waals surface area (Å²) in [6.07, 6.45) is 0. The van der Waals surface area contributed by atoms with Crippen LogP contribution in [0.1, 0.15) is 43.6 Å². The number of rotatable bonds is 6. The molecule has 2 heterocycles. The molecule has 2 N–H and O–H groups in total. The number of aromatic hydroxyl groups is 1.